The minimum atomic E-state index is -1.49. The number of rotatable bonds is 5. The van der Waals surface area contributed by atoms with Crippen molar-refractivity contribution in [3.63, 3.8) is 0 Å². The van der Waals surface area contributed by atoms with E-state index in [1.165, 1.54) is 0 Å². The molecule has 1 saturated carbocycles. The van der Waals surface area contributed by atoms with Crippen LogP contribution in [0.3, 0.4) is 0 Å². The number of ether oxygens (including phenoxy) is 1. The SMILES string of the molecule is CNC1CCCC1CCOc1c(F)c(F)cc(F)c1F. The summed E-state index contributed by atoms with van der Waals surface area (Å²) >= 11 is 0. The summed E-state index contributed by atoms with van der Waals surface area (Å²) in [6, 6.07) is 0.531. The van der Waals surface area contributed by atoms with Gasteiger partial charge >= 0.3 is 0 Å². The smallest absolute Gasteiger partial charge is 0.203 e. The van der Waals surface area contributed by atoms with Gasteiger partial charge in [-0.25, -0.2) is 8.78 Å². The molecule has 0 radical (unpaired) electrons. The van der Waals surface area contributed by atoms with Crippen LogP contribution in [0.4, 0.5) is 17.6 Å². The Labute approximate surface area is 115 Å². The van der Waals surface area contributed by atoms with E-state index in [0.717, 1.165) is 19.3 Å². The van der Waals surface area contributed by atoms with Crippen LogP contribution in [-0.2, 0) is 0 Å². The second-order valence-electron chi connectivity index (χ2n) is 5.02. The highest BCUT2D eigenvalue weighted by atomic mass is 19.2. The molecular weight excluding hydrogens is 274 g/mol. The summed E-state index contributed by atoms with van der Waals surface area (Å²) in [6.07, 6.45) is 3.74. The van der Waals surface area contributed by atoms with Gasteiger partial charge in [-0.1, -0.05) is 6.42 Å². The van der Waals surface area contributed by atoms with E-state index >= 15 is 0 Å². The molecule has 1 fully saturated rings. The van der Waals surface area contributed by atoms with Crippen LogP contribution in [0.2, 0.25) is 0 Å². The summed E-state index contributed by atoms with van der Waals surface area (Å²) < 4.78 is 57.6. The lowest BCUT2D eigenvalue weighted by atomic mass is 10.0. The molecule has 2 atom stereocenters. The van der Waals surface area contributed by atoms with Crippen molar-refractivity contribution in [2.75, 3.05) is 13.7 Å². The van der Waals surface area contributed by atoms with E-state index in [1.807, 2.05) is 7.05 Å². The van der Waals surface area contributed by atoms with Crippen molar-refractivity contribution in [3.8, 4) is 5.75 Å². The maximum atomic E-state index is 13.4. The van der Waals surface area contributed by atoms with Gasteiger partial charge in [0, 0.05) is 12.1 Å². The topological polar surface area (TPSA) is 21.3 Å². The fraction of sp³-hybridized carbons (Fsp3) is 0.571. The highest BCUT2D eigenvalue weighted by Crippen LogP contribution is 2.30. The van der Waals surface area contributed by atoms with Gasteiger partial charge in [-0.3, -0.25) is 0 Å². The molecule has 6 heteroatoms. The van der Waals surface area contributed by atoms with Crippen LogP contribution in [0.5, 0.6) is 5.75 Å². The Kier molecular flexibility index (Phi) is 4.86. The molecule has 2 unspecified atom stereocenters. The molecule has 0 amide bonds. The summed E-state index contributed by atoms with van der Waals surface area (Å²) in [4.78, 5) is 0. The molecule has 1 aromatic carbocycles. The Balaban J connectivity index is 1.98. The summed E-state index contributed by atoms with van der Waals surface area (Å²) in [5.41, 5.74) is 0. The van der Waals surface area contributed by atoms with E-state index in [4.69, 9.17) is 4.74 Å². The molecule has 1 N–H and O–H groups in total. The van der Waals surface area contributed by atoms with Gasteiger partial charge < -0.3 is 10.1 Å². The lowest BCUT2D eigenvalue weighted by Gasteiger charge is -2.19. The number of nitrogens with one attached hydrogen (secondary N) is 1. The van der Waals surface area contributed by atoms with Crippen LogP contribution in [-0.4, -0.2) is 19.7 Å². The van der Waals surface area contributed by atoms with Crippen molar-refractivity contribution in [1.29, 1.82) is 0 Å². The quantitative estimate of drug-likeness (QED) is 0.663. The van der Waals surface area contributed by atoms with Gasteiger partial charge in [0.2, 0.25) is 11.6 Å². The second kappa shape index (κ2) is 6.43. The Morgan fingerprint density at radius 3 is 2.40 bits per heavy atom. The third-order valence-electron chi connectivity index (χ3n) is 3.84. The minimum absolute atomic E-state index is 0.0274. The van der Waals surface area contributed by atoms with Gasteiger partial charge in [0.15, 0.2) is 17.4 Å². The Hall–Kier alpha value is -1.30. The summed E-state index contributed by atoms with van der Waals surface area (Å²) in [6.45, 7) is 0.0274. The van der Waals surface area contributed by atoms with Crippen molar-refractivity contribution in [2.45, 2.75) is 31.7 Å². The van der Waals surface area contributed by atoms with Gasteiger partial charge in [-0.2, -0.15) is 8.78 Å². The molecule has 1 aliphatic carbocycles. The first-order chi connectivity index (χ1) is 9.54. The summed E-state index contributed by atoms with van der Waals surface area (Å²) in [5, 5.41) is 3.18. The molecular formula is C14H17F4NO. The average Bonchev–Trinajstić information content (AvgIpc) is 2.88. The zero-order chi connectivity index (χ0) is 14.7. The molecule has 20 heavy (non-hydrogen) atoms. The van der Waals surface area contributed by atoms with Gasteiger partial charge in [-0.05, 0) is 32.2 Å². The third kappa shape index (κ3) is 3.06. The van der Waals surface area contributed by atoms with Crippen LogP contribution in [0.1, 0.15) is 25.7 Å². The fourth-order valence-corrected chi connectivity index (χ4v) is 2.75. The van der Waals surface area contributed by atoms with Crippen molar-refractivity contribution in [3.05, 3.63) is 29.3 Å². The molecule has 0 aliphatic heterocycles. The number of hydrogen-bond donors (Lipinski definition) is 1. The fourth-order valence-electron chi connectivity index (χ4n) is 2.75. The van der Waals surface area contributed by atoms with E-state index in [1.54, 1.807) is 0 Å². The predicted molar refractivity (Wildman–Crippen MR) is 66.6 cm³/mol. The number of benzene rings is 1. The van der Waals surface area contributed by atoms with Crippen molar-refractivity contribution < 1.29 is 22.3 Å². The van der Waals surface area contributed by atoms with Crippen LogP contribution in [0.15, 0.2) is 6.07 Å². The van der Waals surface area contributed by atoms with Crippen molar-refractivity contribution >= 4 is 0 Å². The third-order valence-corrected chi connectivity index (χ3v) is 3.84. The van der Waals surface area contributed by atoms with Gasteiger partial charge in [-0.15, -0.1) is 0 Å². The van der Waals surface area contributed by atoms with E-state index in [-0.39, 0.29) is 12.7 Å². The molecule has 2 rings (SSSR count). The van der Waals surface area contributed by atoms with E-state index in [9.17, 15) is 17.6 Å². The number of halogens is 4. The van der Waals surface area contributed by atoms with Gasteiger partial charge in [0.1, 0.15) is 0 Å². The van der Waals surface area contributed by atoms with Gasteiger partial charge in [0.05, 0.1) is 6.61 Å². The van der Waals surface area contributed by atoms with Crippen LogP contribution < -0.4 is 10.1 Å². The van der Waals surface area contributed by atoms with Crippen molar-refractivity contribution in [1.82, 2.24) is 5.32 Å². The minimum Gasteiger partial charge on any atom is -0.487 e. The van der Waals surface area contributed by atoms with Crippen molar-refractivity contribution in [2.24, 2.45) is 5.92 Å². The second-order valence-corrected chi connectivity index (χ2v) is 5.02. The highest BCUT2D eigenvalue weighted by Gasteiger charge is 2.26. The molecule has 112 valence electrons. The maximum absolute atomic E-state index is 13.4. The summed E-state index contributed by atoms with van der Waals surface area (Å²) in [7, 11) is 1.87. The Bertz CT molecular complexity index is 454. The first-order valence-corrected chi connectivity index (χ1v) is 6.67. The molecule has 1 aromatic rings. The largest absolute Gasteiger partial charge is 0.487 e. The molecule has 1 aliphatic rings. The lowest BCUT2D eigenvalue weighted by molar-refractivity contribution is 0.237. The summed E-state index contributed by atoms with van der Waals surface area (Å²) in [5.74, 6) is -6.49. The first-order valence-electron chi connectivity index (χ1n) is 6.67. The van der Waals surface area contributed by atoms with E-state index < -0.39 is 29.0 Å². The Morgan fingerprint density at radius 1 is 1.15 bits per heavy atom. The van der Waals surface area contributed by atoms with Gasteiger partial charge in [0.25, 0.3) is 0 Å². The molecule has 0 saturated heterocycles. The molecule has 0 aromatic heterocycles. The molecule has 2 nitrogen and oxygen atoms in total. The molecule has 0 spiro atoms. The normalized spacial score (nSPS) is 22.2. The zero-order valence-electron chi connectivity index (χ0n) is 11.2. The monoisotopic (exact) mass is 291 g/mol. The predicted octanol–water partition coefficient (Wildman–Crippen LogP) is 3.40. The molecule has 0 heterocycles. The number of hydrogen-bond acceptors (Lipinski definition) is 2. The van der Waals surface area contributed by atoms with Crippen LogP contribution >= 0.6 is 0 Å². The highest BCUT2D eigenvalue weighted by molar-refractivity contribution is 5.28. The maximum Gasteiger partial charge on any atom is 0.203 e. The van der Waals surface area contributed by atoms with Crippen LogP contribution in [0, 0.1) is 29.2 Å². The van der Waals surface area contributed by atoms with E-state index in [0.29, 0.717) is 18.4 Å². The molecule has 0 bridgehead atoms. The van der Waals surface area contributed by atoms with E-state index in [2.05, 4.69) is 5.32 Å². The first kappa shape index (κ1) is 15.1. The zero-order valence-corrected chi connectivity index (χ0v) is 11.2. The lowest BCUT2D eigenvalue weighted by Crippen LogP contribution is -2.29. The Morgan fingerprint density at radius 2 is 1.80 bits per heavy atom. The standard InChI is InChI=1S/C14H17F4NO/c1-19-11-4-2-3-8(11)5-6-20-14-12(17)9(15)7-10(16)13(14)18/h7-8,11,19H,2-6H2,1H3. The average molecular weight is 291 g/mol. The van der Waals surface area contributed by atoms with Crippen LogP contribution in [0.25, 0.3) is 0 Å².